The van der Waals surface area contributed by atoms with Gasteiger partial charge in [0.05, 0.1) is 52.8 Å². The van der Waals surface area contributed by atoms with Crippen molar-refractivity contribution in [3.63, 3.8) is 0 Å². The summed E-state index contributed by atoms with van der Waals surface area (Å²) in [6.07, 6.45) is -4.41. The van der Waals surface area contributed by atoms with Crippen LogP contribution < -0.4 is 30.7 Å². The lowest BCUT2D eigenvalue weighted by Crippen LogP contribution is -2.72. The third-order valence-electron chi connectivity index (χ3n) is 13.2. The summed E-state index contributed by atoms with van der Waals surface area (Å²) in [5.41, 5.74) is 1.42. The van der Waals surface area contributed by atoms with E-state index in [1.807, 2.05) is 71.6 Å². The van der Waals surface area contributed by atoms with E-state index in [1.165, 1.54) is 0 Å². The fourth-order valence-corrected chi connectivity index (χ4v) is 11.7. The molecule has 3 aromatic carbocycles. The van der Waals surface area contributed by atoms with Gasteiger partial charge in [0.25, 0.3) is 8.53 Å². The van der Waals surface area contributed by atoms with Crippen molar-refractivity contribution in [2.45, 2.75) is 148 Å². The highest BCUT2D eigenvalue weighted by molar-refractivity contribution is 7.44. The fraction of sp³-hybridized carbons (Fsp3) is 0.580. The molecule has 0 aromatic heterocycles. The molecule has 3 saturated heterocycles. The van der Waals surface area contributed by atoms with Crippen LogP contribution in [0, 0.1) is 17.2 Å². The van der Waals surface area contributed by atoms with E-state index >= 15 is 0 Å². The van der Waals surface area contributed by atoms with Crippen LogP contribution in [0.3, 0.4) is 0 Å². The van der Waals surface area contributed by atoms with Gasteiger partial charge < -0.3 is 43.1 Å². The molecule has 4 unspecified atom stereocenters. The second kappa shape index (κ2) is 22.8. The lowest BCUT2D eigenvalue weighted by atomic mass is 9.80. The number of amides is 2. The Labute approximate surface area is 406 Å². The van der Waals surface area contributed by atoms with E-state index in [4.69, 9.17) is 32.4 Å². The molecule has 3 fully saturated rings. The fourth-order valence-electron chi connectivity index (χ4n) is 8.67. The largest absolute Gasteiger partial charge is 0.497 e. The number of nitriles is 1. The molecule has 0 bridgehead atoms. The molecule has 372 valence electrons. The summed E-state index contributed by atoms with van der Waals surface area (Å²) in [5, 5.41) is 22.1. The molecule has 0 aliphatic carbocycles. The number of ether oxygens (including phenoxy) is 4. The van der Waals surface area contributed by atoms with Gasteiger partial charge in [-0.15, -0.1) is 0 Å². The lowest BCUT2D eigenvalue weighted by Gasteiger charge is -2.44. The quantitative estimate of drug-likeness (QED) is 0.0367. The summed E-state index contributed by atoms with van der Waals surface area (Å²) in [6.45, 7) is 23.4. The first kappa shape index (κ1) is 53.3. The second-order valence-electron chi connectivity index (χ2n) is 19.9. The summed E-state index contributed by atoms with van der Waals surface area (Å²) in [5.74, 6) is 0.617. The van der Waals surface area contributed by atoms with Gasteiger partial charge in [-0.05, 0) is 86.8 Å². The van der Waals surface area contributed by atoms with Crippen LogP contribution in [0.25, 0.3) is 0 Å². The highest BCUT2D eigenvalue weighted by Gasteiger charge is 2.58. The predicted octanol–water partition coefficient (Wildman–Crippen LogP) is 7.12. The average molecular weight is 976 g/mol. The van der Waals surface area contributed by atoms with Gasteiger partial charge >= 0.3 is 0 Å². The van der Waals surface area contributed by atoms with E-state index in [1.54, 1.807) is 28.1 Å². The van der Waals surface area contributed by atoms with Crippen LogP contribution >= 0.6 is 8.53 Å². The Kier molecular flexibility index (Phi) is 17.9. The molecule has 3 aromatic rings. The molecule has 3 aliphatic heterocycles. The van der Waals surface area contributed by atoms with E-state index in [2.05, 4.69) is 106 Å². The summed E-state index contributed by atoms with van der Waals surface area (Å²) >= 11 is 0. The maximum Gasteiger partial charge on any atom is 0.259 e. The van der Waals surface area contributed by atoms with Gasteiger partial charge in [0.1, 0.15) is 47.7 Å². The van der Waals surface area contributed by atoms with Crippen molar-refractivity contribution >= 4 is 28.7 Å². The molecular formula is C50H74N7O9PSi. The number of methoxy groups -OCH3 is 2. The minimum Gasteiger partial charge on any atom is -0.497 e. The first-order chi connectivity index (χ1) is 32.3. The minimum absolute atomic E-state index is 0.00945. The Morgan fingerprint density at radius 1 is 0.912 bits per heavy atom. The van der Waals surface area contributed by atoms with E-state index in [0.29, 0.717) is 11.5 Å². The van der Waals surface area contributed by atoms with Gasteiger partial charge in [0.15, 0.2) is 14.6 Å². The van der Waals surface area contributed by atoms with Crippen LogP contribution in [0.1, 0.15) is 85.4 Å². The molecule has 68 heavy (non-hydrogen) atoms. The molecule has 8 atom stereocenters. The first-order valence-corrected chi connectivity index (χ1v) is 27.7. The second-order valence-corrected chi connectivity index (χ2v) is 26.1. The van der Waals surface area contributed by atoms with Crippen molar-refractivity contribution in [3.8, 4) is 17.6 Å². The Morgan fingerprint density at radius 2 is 1.49 bits per heavy atom. The predicted molar refractivity (Wildman–Crippen MR) is 265 cm³/mol. The van der Waals surface area contributed by atoms with Crippen molar-refractivity contribution in [2.24, 2.45) is 5.92 Å². The van der Waals surface area contributed by atoms with Crippen molar-refractivity contribution < 1.29 is 42.0 Å². The molecule has 6 rings (SSSR count). The number of rotatable bonds is 21. The standard InChI is InChI=1S/C50H74N7O9PSi/c1-32(2)45(58)54-48-53-44-41(46(59)55-48)52-31-56(44)47-43(65-67(63-29-17-28-51)57(33(3)4)34(5)6)42(66-68(12,13)49(7,8)9)40(64-47)30-62-50(35-18-15-14-16-19-35,36-20-24-38(60-10)25-21-36)37-22-26-39(61-11)27-23-37/h14-16,18-27,32-34,40-44,47-48,52-53H,17,29-31H2,1-13H3,(H,54,58)(H,55,59)/t40-,41?,42-,43-,44?,47-,48?,67?/m1/s1. The summed E-state index contributed by atoms with van der Waals surface area (Å²) < 4.78 is 50.0. The van der Waals surface area contributed by atoms with Gasteiger partial charge in [0.2, 0.25) is 11.8 Å². The Balaban J connectivity index is 1.52. The van der Waals surface area contributed by atoms with Gasteiger partial charge in [-0.25, -0.2) is 9.57 Å². The Bertz CT molecular complexity index is 2100. The lowest BCUT2D eigenvalue weighted by molar-refractivity contribution is -0.139. The molecule has 3 aliphatic rings. The zero-order chi connectivity index (χ0) is 49.6. The molecule has 2 amide bonds. The molecule has 4 N–H and O–H groups in total. The third kappa shape index (κ3) is 11.8. The van der Waals surface area contributed by atoms with Gasteiger partial charge in [-0.1, -0.05) is 89.2 Å². The number of hydrogen-bond acceptors (Lipinski definition) is 14. The van der Waals surface area contributed by atoms with Gasteiger partial charge in [0, 0.05) is 18.0 Å². The molecule has 16 nitrogen and oxygen atoms in total. The van der Waals surface area contributed by atoms with E-state index < -0.39 is 65.5 Å². The number of hydrogen-bond donors (Lipinski definition) is 4. The Hall–Kier alpha value is -4.02. The normalized spacial score (nSPS) is 24.0. The van der Waals surface area contributed by atoms with Crippen LogP contribution in [-0.2, 0) is 38.1 Å². The van der Waals surface area contributed by atoms with Gasteiger partial charge in [-0.3, -0.25) is 20.2 Å². The van der Waals surface area contributed by atoms with Gasteiger partial charge in [-0.2, -0.15) is 5.26 Å². The summed E-state index contributed by atoms with van der Waals surface area (Å²) in [4.78, 5) is 28.8. The smallest absolute Gasteiger partial charge is 0.259 e. The van der Waals surface area contributed by atoms with Crippen LogP contribution in [-0.4, -0.2) is 119 Å². The van der Waals surface area contributed by atoms with Crippen molar-refractivity contribution in [1.82, 2.24) is 30.8 Å². The topological polar surface area (TPSA) is 177 Å². The molecule has 18 heteroatoms. The number of carbonyl (C=O) groups is 2. The number of nitrogens with one attached hydrogen (secondary N) is 4. The molecule has 3 heterocycles. The van der Waals surface area contributed by atoms with Crippen molar-refractivity contribution in [1.29, 1.82) is 5.26 Å². The minimum atomic E-state index is -2.64. The van der Waals surface area contributed by atoms with Crippen LogP contribution in [0.5, 0.6) is 11.5 Å². The van der Waals surface area contributed by atoms with Crippen LogP contribution in [0.4, 0.5) is 0 Å². The maximum absolute atomic E-state index is 13.8. The zero-order valence-electron chi connectivity index (χ0n) is 42.1. The number of carbonyl (C=O) groups excluding carboxylic acids is 2. The highest BCUT2D eigenvalue weighted by Crippen LogP contribution is 2.52. The number of benzene rings is 3. The summed E-state index contributed by atoms with van der Waals surface area (Å²) in [6, 6.07) is 27.5. The SMILES string of the molecule is COc1ccc(C(OC[C@H]2O[C@@H](N3CNC4C(=O)NC(NC(=O)C(C)C)NC43)[C@H](OP(OCCC#N)N(C(C)C)C(C)C)[C@@H]2O[Si](C)(C)C(C)(C)C)(c2ccccc2)c2ccc(OC)cc2)cc1. The number of fused-ring (bicyclic) bond motifs is 1. The average Bonchev–Trinajstić information content (AvgIpc) is 3.87. The third-order valence-corrected chi connectivity index (χ3v) is 19.8. The Morgan fingerprint density at radius 3 is 2.00 bits per heavy atom. The molecule has 0 saturated carbocycles. The molecular weight excluding hydrogens is 902 g/mol. The van der Waals surface area contributed by atoms with E-state index in [9.17, 15) is 14.9 Å². The molecule has 0 spiro atoms. The van der Waals surface area contributed by atoms with E-state index in [-0.39, 0.29) is 61.2 Å². The van der Waals surface area contributed by atoms with Crippen LogP contribution in [0.15, 0.2) is 78.9 Å². The molecule has 0 radical (unpaired) electrons. The van der Waals surface area contributed by atoms with E-state index in [0.717, 1.165) is 16.7 Å². The maximum atomic E-state index is 13.8. The zero-order valence-corrected chi connectivity index (χ0v) is 44.0. The summed E-state index contributed by atoms with van der Waals surface area (Å²) in [7, 11) is -1.17. The van der Waals surface area contributed by atoms with Crippen LogP contribution in [0.2, 0.25) is 18.1 Å². The van der Waals surface area contributed by atoms with Crippen molar-refractivity contribution in [3.05, 3.63) is 95.6 Å². The highest BCUT2D eigenvalue weighted by atomic mass is 31.2. The first-order valence-electron chi connectivity index (χ1n) is 23.7. The van der Waals surface area contributed by atoms with Crippen molar-refractivity contribution in [2.75, 3.05) is 34.1 Å². The monoisotopic (exact) mass is 976 g/mol. The number of nitrogens with zero attached hydrogens (tertiary/aromatic N) is 3.